The largest absolute Gasteiger partial charge is 0.490 e. The van der Waals surface area contributed by atoms with Gasteiger partial charge in [0.25, 0.3) is 0 Å². The molecule has 0 aliphatic rings. The summed E-state index contributed by atoms with van der Waals surface area (Å²) in [6.45, 7) is 5.66. The Bertz CT molecular complexity index is 978. The Morgan fingerprint density at radius 2 is 1.79 bits per heavy atom. The lowest BCUT2D eigenvalue weighted by atomic mass is 10.1. The third-order valence-corrected chi connectivity index (χ3v) is 3.86. The van der Waals surface area contributed by atoms with E-state index in [0.29, 0.717) is 5.56 Å². The minimum Gasteiger partial charge on any atom is -0.292 e. The van der Waals surface area contributed by atoms with Crippen molar-refractivity contribution in [2.24, 2.45) is 5.84 Å². The molecule has 0 atom stereocenters. The van der Waals surface area contributed by atoms with Crippen LogP contribution in [-0.4, -0.2) is 16.3 Å². The van der Waals surface area contributed by atoms with Crippen LogP contribution in [0.25, 0.3) is 10.9 Å². The number of nitrogens with one attached hydrogen (secondary N) is 1. The summed E-state index contributed by atoms with van der Waals surface area (Å²) in [7, 11) is 0. The summed E-state index contributed by atoms with van der Waals surface area (Å²) in [5.41, 5.74) is 2.55. The monoisotopic (exact) mass is 415 g/mol. The number of aromatic nitrogens is 2. The van der Waals surface area contributed by atoms with E-state index in [9.17, 15) is 17.6 Å². The van der Waals surface area contributed by atoms with Crippen molar-refractivity contribution in [3.8, 4) is 0 Å². The van der Waals surface area contributed by atoms with E-state index in [4.69, 9.17) is 17.4 Å². The standard InChI is InChI=1S/C16H12ClF4N5.C2H6/c1-8-3-2-4-9(5-8)26(16(19,20)21)14-10-6-12(18)11(17)7-13(10)23-15(24-14)25-22;1-2/h2-7H,22H2,1H3,(H,23,24,25);1-2H3. The number of aryl methyl sites for hydroxylation is 1. The van der Waals surface area contributed by atoms with Crippen LogP contribution in [0.4, 0.5) is 35.0 Å². The first-order valence-corrected chi connectivity index (χ1v) is 8.65. The fourth-order valence-corrected chi connectivity index (χ4v) is 2.66. The number of nitrogens with zero attached hydrogens (tertiary/aromatic N) is 3. The van der Waals surface area contributed by atoms with Crippen molar-refractivity contribution in [3.05, 3.63) is 52.8 Å². The molecule has 0 unspecified atom stereocenters. The van der Waals surface area contributed by atoms with Crippen LogP contribution >= 0.6 is 11.6 Å². The Kier molecular flexibility index (Phi) is 6.63. The zero-order chi connectivity index (χ0) is 21.1. The third kappa shape index (κ3) is 4.42. The summed E-state index contributed by atoms with van der Waals surface area (Å²) < 4.78 is 55.5. The van der Waals surface area contributed by atoms with Gasteiger partial charge < -0.3 is 0 Å². The molecule has 0 saturated carbocycles. The minimum atomic E-state index is -4.84. The van der Waals surface area contributed by atoms with Gasteiger partial charge in [-0.25, -0.2) is 20.1 Å². The van der Waals surface area contributed by atoms with E-state index in [2.05, 4.69) is 15.4 Å². The van der Waals surface area contributed by atoms with Crippen molar-refractivity contribution in [2.45, 2.75) is 27.1 Å². The number of benzene rings is 2. The number of hydrogen-bond acceptors (Lipinski definition) is 5. The molecule has 1 heterocycles. The Labute approximate surface area is 164 Å². The Morgan fingerprint density at radius 1 is 1.11 bits per heavy atom. The first-order valence-electron chi connectivity index (χ1n) is 8.27. The van der Waals surface area contributed by atoms with Gasteiger partial charge in [-0.1, -0.05) is 37.6 Å². The van der Waals surface area contributed by atoms with E-state index in [1.165, 1.54) is 18.2 Å². The number of anilines is 3. The van der Waals surface area contributed by atoms with Gasteiger partial charge in [0.2, 0.25) is 5.95 Å². The highest BCUT2D eigenvalue weighted by molar-refractivity contribution is 6.31. The van der Waals surface area contributed by atoms with E-state index in [1.807, 2.05) is 13.8 Å². The number of alkyl halides is 3. The molecule has 0 spiro atoms. The number of nitrogen functional groups attached to an aromatic ring is 1. The molecule has 0 aliphatic carbocycles. The molecular formula is C18H18ClF4N5. The van der Waals surface area contributed by atoms with E-state index >= 15 is 0 Å². The van der Waals surface area contributed by atoms with E-state index in [1.54, 1.807) is 13.0 Å². The van der Waals surface area contributed by atoms with Crippen molar-refractivity contribution in [1.29, 1.82) is 0 Å². The Balaban J connectivity index is 0.00000136. The van der Waals surface area contributed by atoms with Crippen LogP contribution in [0.15, 0.2) is 36.4 Å². The van der Waals surface area contributed by atoms with Crippen molar-refractivity contribution in [3.63, 3.8) is 0 Å². The Morgan fingerprint density at radius 3 is 2.36 bits per heavy atom. The molecule has 0 aliphatic heterocycles. The lowest BCUT2D eigenvalue weighted by molar-refractivity contribution is -0.121. The fraction of sp³-hybridized carbons (Fsp3) is 0.222. The van der Waals surface area contributed by atoms with Crippen molar-refractivity contribution < 1.29 is 17.6 Å². The number of hydrogen-bond donors (Lipinski definition) is 2. The van der Waals surface area contributed by atoms with E-state index in [-0.39, 0.29) is 32.5 Å². The molecule has 150 valence electrons. The molecule has 3 aromatic rings. The number of nitrogens with two attached hydrogens (primary N) is 1. The van der Waals surface area contributed by atoms with Crippen molar-refractivity contribution in [2.75, 3.05) is 10.3 Å². The summed E-state index contributed by atoms with van der Waals surface area (Å²) >= 11 is 5.72. The van der Waals surface area contributed by atoms with Crippen LogP contribution in [0, 0.1) is 12.7 Å². The highest BCUT2D eigenvalue weighted by atomic mass is 35.5. The molecule has 2 aromatic carbocycles. The Hall–Kier alpha value is -2.65. The lowest BCUT2D eigenvalue weighted by Gasteiger charge is -2.27. The first-order chi connectivity index (χ1) is 13.2. The second kappa shape index (κ2) is 8.57. The maximum Gasteiger partial charge on any atom is 0.490 e. The molecule has 3 N–H and O–H groups in total. The van der Waals surface area contributed by atoms with Gasteiger partial charge in [-0.05, 0) is 36.8 Å². The highest BCUT2D eigenvalue weighted by Gasteiger charge is 2.41. The van der Waals surface area contributed by atoms with Crippen LogP contribution in [0.2, 0.25) is 5.02 Å². The van der Waals surface area contributed by atoms with Crippen LogP contribution < -0.4 is 16.2 Å². The zero-order valence-electron chi connectivity index (χ0n) is 15.3. The molecule has 0 fully saturated rings. The van der Waals surface area contributed by atoms with Gasteiger partial charge in [-0.3, -0.25) is 5.43 Å². The van der Waals surface area contributed by atoms with E-state index < -0.39 is 17.9 Å². The quantitative estimate of drug-likeness (QED) is 0.248. The molecule has 0 bridgehead atoms. The third-order valence-electron chi connectivity index (χ3n) is 3.57. The zero-order valence-corrected chi connectivity index (χ0v) is 16.0. The maximum absolute atomic E-state index is 13.9. The van der Waals surface area contributed by atoms with Gasteiger partial charge >= 0.3 is 6.30 Å². The summed E-state index contributed by atoms with van der Waals surface area (Å²) in [4.78, 5) is 7.79. The number of halogens is 5. The molecule has 28 heavy (non-hydrogen) atoms. The fourth-order valence-electron chi connectivity index (χ4n) is 2.50. The topological polar surface area (TPSA) is 67.1 Å². The second-order valence-corrected chi connectivity index (χ2v) is 5.85. The van der Waals surface area contributed by atoms with Crippen LogP contribution in [0.3, 0.4) is 0 Å². The van der Waals surface area contributed by atoms with Gasteiger partial charge in [0.15, 0.2) is 5.82 Å². The molecule has 0 saturated heterocycles. The first kappa shape index (κ1) is 21.6. The van der Waals surface area contributed by atoms with Crippen molar-refractivity contribution in [1.82, 2.24) is 9.97 Å². The normalized spacial score (nSPS) is 11.0. The SMILES string of the molecule is CC.Cc1cccc(N(c2nc(NN)nc3cc(Cl)c(F)cc23)C(F)(F)F)c1. The van der Waals surface area contributed by atoms with Crippen molar-refractivity contribution >= 4 is 40.0 Å². The molecule has 0 radical (unpaired) electrons. The van der Waals surface area contributed by atoms with Crippen LogP contribution in [-0.2, 0) is 0 Å². The van der Waals surface area contributed by atoms with Gasteiger partial charge in [-0.15, -0.1) is 13.2 Å². The molecule has 10 heteroatoms. The summed E-state index contributed by atoms with van der Waals surface area (Å²) in [6, 6.07) is 7.72. The summed E-state index contributed by atoms with van der Waals surface area (Å²) in [5.74, 6) is 3.54. The number of fused-ring (bicyclic) bond motifs is 1. The summed E-state index contributed by atoms with van der Waals surface area (Å²) in [5, 5.41) is -0.441. The van der Waals surface area contributed by atoms with Crippen LogP contribution in [0.1, 0.15) is 19.4 Å². The molecule has 1 aromatic heterocycles. The van der Waals surface area contributed by atoms with Gasteiger partial charge in [0, 0.05) is 5.39 Å². The molecule has 3 rings (SSSR count). The smallest absolute Gasteiger partial charge is 0.292 e. The minimum absolute atomic E-state index is 0.0104. The lowest BCUT2D eigenvalue weighted by Crippen LogP contribution is -2.35. The van der Waals surface area contributed by atoms with Gasteiger partial charge in [0.05, 0.1) is 16.2 Å². The average molecular weight is 416 g/mol. The number of hydrazine groups is 1. The maximum atomic E-state index is 13.9. The second-order valence-electron chi connectivity index (χ2n) is 5.44. The molecule has 0 amide bonds. The van der Waals surface area contributed by atoms with Gasteiger partial charge in [0.1, 0.15) is 5.82 Å². The predicted molar refractivity (Wildman–Crippen MR) is 103 cm³/mol. The average Bonchev–Trinajstić information content (AvgIpc) is 2.63. The molecule has 5 nitrogen and oxygen atoms in total. The number of rotatable bonds is 3. The highest BCUT2D eigenvalue weighted by Crippen LogP contribution is 2.40. The summed E-state index contributed by atoms with van der Waals surface area (Å²) in [6.07, 6.45) is -4.84. The molecular weight excluding hydrogens is 398 g/mol. The van der Waals surface area contributed by atoms with Crippen LogP contribution in [0.5, 0.6) is 0 Å². The van der Waals surface area contributed by atoms with Gasteiger partial charge in [-0.2, -0.15) is 4.98 Å². The van der Waals surface area contributed by atoms with E-state index in [0.717, 1.165) is 12.1 Å². The predicted octanol–water partition coefficient (Wildman–Crippen LogP) is 5.70.